The zero-order valence-electron chi connectivity index (χ0n) is 17.8. The summed E-state index contributed by atoms with van der Waals surface area (Å²) in [5, 5.41) is 4.34. The molecular formula is C22H28ClN3O3S2. The average molecular weight is 482 g/mol. The molecule has 0 unspecified atom stereocenters. The second kappa shape index (κ2) is 9.17. The number of rotatable bonds is 6. The van der Waals surface area contributed by atoms with Crippen molar-refractivity contribution in [3.63, 3.8) is 0 Å². The average Bonchev–Trinajstić information content (AvgIpc) is 3.21. The fraction of sp³-hybridized carbons (Fsp3) is 0.545. The van der Waals surface area contributed by atoms with Crippen LogP contribution in [0.25, 0.3) is 0 Å². The molecule has 1 amide bonds. The van der Waals surface area contributed by atoms with Gasteiger partial charge in [0.25, 0.3) is 0 Å². The number of thiazole rings is 1. The lowest BCUT2D eigenvalue weighted by Crippen LogP contribution is -2.27. The lowest BCUT2D eigenvalue weighted by atomic mass is 9.98. The third-order valence-electron chi connectivity index (χ3n) is 6.07. The van der Waals surface area contributed by atoms with E-state index in [0.29, 0.717) is 30.3 Å². The number of nitrogens with zero attached hydrogens (tertiary/aromatic N) is 2. The molecule has 168 valence electrons. The molecule has 1 fully saturated rings. The monoisotopic (exact) mass is 481 g/mol. The fourth-order valence-corrected chi connectivity index (χ4v) is 7.27. The number of hydrogen-bond acceptors (Lipinski definition) is 6. The Kier molecular flexibility index (Phi) is 6.72. The molecule has 6 nitrogen and oxygen atoms in total. The Labute approximate surface area is 192 Å². The van der Waals surface area contributed by atoms with Gasteiger partial charge < -0.3 is 5.32 Å². The van der Waals surface area contributed by atoms with Crippen molar-refractivity contribution in [1.29, 1.82) is 0 Å². The van der Waals surface area contributed by atoms with Crippen LogP contribution >= 0.6 is 22.9 Å². The normalized spacial score (nSPS) is 21.4. The van der Waals surface area contributed by atoms with E-state index in [9.17, 15) is 13.2 Å². The van der Waals surface area contributed by atoms with Crippen LogP contribution in [0, 0.1) is 11.8 Å². The van der Waals surface area contributed by atoms with Gasteiger partial charge in [0.15, 0.2) is 5.13 Å². The summed E-state index contributed by atoms with van der Waals surface area (Å²) in [5.41, 5.74) is 2.28. The number of anilines is 1. The molecular weight excluding hydrogens is 454 g/mol. The Hall–Kier alpha value is -1.48. The molecule has 0 bridgehead atoms. The molecule has 1 atom stereocenters. The van der Waals surface area contributed by atoms with Gasteiger partial charge in [-0.25, -0.2) is 13.4 Å². The molecule has 1 aromatic carbocycles. The minimum atomic E-state index is -2.91. The van der Waals surface area contributed by atoms with Crippen LogP contribution in [-0.2, 0) is 27.7 Å². The van der Waals surface area contributed by atoms with E-state index >= 15 is 0 Å². The predicted molar refractivity (Wildman–Crippen MR) is 125 cm³/mol. The first-order valence-corrected chi connectivity index (χ1v) is 13.7. The first-order valence-electron chi connectivity index (χ1n) is 10.7. The second-order valence-electron chi connectivity index (χ2n) is 8.90. The summed E-state index contributed by atoms with van der Waals surface area (Å²) in [5.74, 6) is 0.833. The molecule has 1 N–H and O–H groups in total. The molecule has 9 heteroatoms. The zero-order chi connectivity index (χ0) is 22.2. The maximum atomic E-state index is 12.5. The van der Waals surface area contributed by atoms with E-state index in [1.807, 2.05) is 12.1 Å². The Morgan fingerprint density at radius 2 is 1.94 bits per heavy atom. The van der Waals surface area contributed by atoms with Crippen LogP contribution in [0.3, 0.4) is 0 Å². The SMILES string of the molecule is CC(C)[C@H]1c2nc(NC(=O)CC3CCS(=O)(=O)CC3)sc2CN1Cc1ccc(Cl)cc1. The molecule has 2 aromatic rings. The minimum absolute atomic E-state index is 0.0733. The predicted octanol–water partition coefficient (Wildman–Crippen LogP) is 4.66. The van der Waals surface area contributed by atoms with Crippen molar-refractivity contribution >= 4 is 43.8 Å². The highest BCUT2D eigenvalue weighted by atomic mass is 35.5. The first-order chi connectivity index (χ1) is 14.7. The topological polar surface area (TPSA) is 79.4 Å². The third-order valence-corrected chi connectivity index (χ3v) is 9.01. The Balaban J connectivity index is 1.39. The van der Waals surface area contributed by atoms with Gasteiger partial charge in [-0.3, -0.25) is 9.69 Å². The Morgan fingerprint density at radius 3 is 2.58 bits per heavy atom. The van der Waals surface area contributed by atoms with Gasteiger partial charge in [-0.2, -0.15) is 0 Å². The molecule has 2 aliphatic heterocycles. The van der Waals surface area contributed by atoms with Crippen molar-refractivity contribution in [2.75, 3.05) is 16.8 Å². The zero-order valence-corrected chi connectivity index (χ0v) is 20.2. The molecule has 0 spiro atoms. The highest BCUT2D eigenvalue weighted by Crippen LogP contribution is 2.43. The minimum Gasteiger partial charge on any atom is -0.302 e. The molecule has 0 saturated carbocycles. The van der Waals surface area contributed by atoms with Gasteiger partial charge in [0.2, 0.25) is 5.91 Å². The quantitative estimate of drug-likeness (QED) is 0.648. The number of hydrogen-bond donors (Lipinski definition) is 1. The highest BCUT2D eigenvalue weighted by molar-refractivity contribution is 7.91. The van der Waals surface area contributed by atoms with Crippen LogP contribution < -0.4 is 5.32 Å². The van der Waals surface area contributed by atoms with Gasteiger partial charge in [0.05, 0.1) is 23.2 Å². The smallest absolute Gasteiger partial charge is 0.226 e. The van der Waals surface area contributed by atoms with E-state index in [-0.39, 0.29) is 29.4 Å². The molecule has 4 rings (SSSR count). The van der Waals surface area contributed by atoms with E-state index in [1.54, 1.807) is 11.3 Å². The van der Waals surface area contributed by atoms with Gasteiger partial charge >= 0.3 is 0 Å². The molecule has 1 saturated heterocycles. The van der Waals surface area contributed by atoms with Gasteiger partial charge in [0, 0.05) is 29.4 Å². The molecule has 1 aromatic heterocycles. The number of carbonyl (C=O) groups is 1. The summed E-state index contributed by atoms with van der Waals surface area (Å²) in [6.07, 6.45) is 1.49. The van der Waals surface area contributed by atoms with E-state index in [1.165, 1.54) is 10.4 Å². The molecule has 2 aliphatic rings. The van der Waals surface area contributed by atoms with E-state index in [4.69, 9.17) is 16.6 Å². The van der Waals surface area contributed by atoms with Gasteiger partial charge in [-0.1, -0.05) is 37.6 Å². The molecule has 3 heterocycles. The van der Waals surface area contributed by atoms with E-state index in [0.717, 1.165) is 23.8 Å². The second-order valence-corrected chi connectivity index (χ2v) is 12.7. The van der Waals surface area contributed by atoms with Crippen LogP contribution in [-0.4, -0.2) is 35.7 Å². The maximum absolute atomic E-state index is 12.5. The first kappa shape index (κ1) is 22.7. The summed E-state index contributed by atoms with van der Waals surface area (Å²) in [6.45, 7) is 6.04. The van der Waals surface area contributed by atoms with Crippen molar-refractivity contribution < 1.29 is 13.2 Å². The van der Waals surface area contributed by atoms with Gasteiger partial charge in [-0.15, -0.1) is 11.3 Å². The van der Waals surface area contributed by atoms with Crippen LogP contribution in [0.2, 0.25) is 5.02 Å². The number of aromatic nitrogens is 1. The number of nitrogens with one attached hydrogen (secondary N) is 1. The van der Waals surface area contributed by atoms with Crippen LogP contribution in [0.1, 0.15) is 55.3 Å². The summed E-state index contributed by atoms with van der Waals surface area (Å²) >= 11 is 7.56. The summed E-state index contributed by atoms with van der Waals surface area (Å²) < 4.78 is 23.2. The van der Waals surface area contributed by atoms with Crippen LogP contribution in [0.15, 0.2) is 24.3 Å². The Bertz CT molecular complexity index is 1040. The van der Waals surface area contributed by atoms with Crippen molar-refractivity contribution in [2.45, 2.75) is 52.2 Å². The lowest BCUT2D eigenvalue weighted by Gasteiger charge is -2.27. The van der Waals surface area contributed by atoms with Crippen molar-refractivity contribution in [3.05, 3.63) is 45.4 Å². The van der Waals surface area contributed by atoms with Crippen molar-refractivity contribution in [3.8, 4) is 0 Å². The number of benzene rings is 1. The number of halogens is 1. The van der Waals surface area contributed by atoms with Crippen LogP contribution in [0.4, 0.5) is 5.13 Å². The summed E-state index contributed by atoms with van der Waals surface area (Å²) in [4.78, 5) is 20.9. The highest BCUT2D eigenvalue weighted by Gasteiger charge is 2.36. The summed E-state index contributed by atoms with van der Waals surface area (Å²) in [6, 6.07) is 8.15. The number of sulfone groups is 1. The van der Waals surface area contributed by atoms with E-state index in [2.05, 4.69) is 36.2 Å². The number of amides is 1. The largest absolute Gasteiger partial charge is 0.302 e. The summed E-state index contributed by atoms with van der Waals surface area (Å²) in [7, 11) is -2.91. The Morgan fingerprint density at radius 1 is 1.26 bits per heavy atom. The van der Waals surface area contributed by atoms with Crippen LogP contribution in [0.5, 0.6) is 0 Å². The fourth-order valence-electron chi connectivity index (χ4n) is 4.51. The molecule has 0 aliphatic carbocycles. The molecule has 31 heavy (non-hydrogen) atoms. The van der Waals surface area contributed by atoms with E-state index < -0.39 is 9.84 Å². The maximum Gasteiger partial charge on any atom is 0.226 e. The standard InChI is InChI=1S/C22H28ClN3O3S2/c1-14(2)21-20-18(13-26(21)12-16-3-5-17(23)6-4-16)30-22(25-20)24-19(27)11-15-7-9-31(28,29)10-8-15/h3-6,14-15,21H,7-13H2,1-2H3,(H,24,25,27)/t21-/m0/s1. The number of carbonyl (C=O) groups excluding carboxylic acids is 1. The number of fused-ring (bicyclic) bond motifs is 1. The van der Waals surface area contributed by atoms with Gasteiger partial charge in [0.1, 0.15) is 9.84 Å². The third kappa shape index (κ3) is 5.48. The molecule has 0 radical (unpaired) electrons. The van der Waals surface area contributed by atoms with Crippen molar-refractivity contribution in [1.82, 2.24) is 9.88 Å². The van der Waals surface area contributed by atoms with Gasteiger partial charge in [-0.05, 0) is 42.4 Å². The lowest BCUT2D eigenvalue weighted by molar-refractivity contribution is -0.117. The van der Waals surface area contributed by atoms with Crippen molar-refractivity contribution in [2.24, 2.45) is 11.8 Å².